The molecule has 1 heterocycles. The number of rotatable bonds is 7. The van der Waals surface area contributed by atoms with Crippen LogP contribution in [0.5, 0.6) is 17.2 Å². The Bertz CT molecular complexity index is 570. The quantitative estimate of drug-likeness (QED) is 0.819. The zero-order valence-electron chi connectivity index (χ0n) is 12.8. The highest BCUT2D eigenvalue weighted by molar-refractivity contribution is 5.55. The zero-order valence-corrected chi connectivity index (χ0v) is 12.8. The predicted octanol–water partition coefficient (Wildman–Crippen LogP) is 2.29. The minimum Gasteiger partial charge on any atom is -0.493 e. The van der Waals surface area contributed by atoms with Gasteiger partial charge in [0.1, 0.15) is 5.82 Å². The molecule has 1 aromatic carbocycles. The molecule has 1 atom stereocenters. The van der Waals surface area contributed by atoms with Crippen molar-refractivity contribution in [1.82, 2.24) is 15.3 Å². The summed E-state index contributed by atoms with van der Waals surface area (Å²) in [6.45, 7) is 2.68. The van der Waals surface area contributed by atoms with Gasteiger partial charge in [-0.05, 0) is 13.0 Å². The minimum absolute atomic E-state index is 0.109. The Morgan fingerprint density at radius 1 is 1.14 bits per heavy atom. The van der Waals surface area contributed by atoms with Gasteiger partial charge < -0.3 is 24.5 Å². The largest absolute Gasteiger partial charge is 0.493 e. The molecule has 2 rings (SSSR count). The zero-order chi connectivity index (χ0) is 15.2. The van der Waals surface area contributed by atoms with E-state index in [-0.39, 0.29) is 6.04 Å². The van der Waals surface area contributed by atoms with Crippen LogP contribution < -0.4 is 19.5 Å². The fourth-order valence-electron chi connectivity index (χ4n) is 2.18. The second-order valence-electron chi connectivity index (χ2n) is 4.57. The van der Waals surface area contributed by atoms with Gasteiger partial charge in [-0.3, -0.25) is 0 Å². The third-order valence-corrected chi connectivity index (χ3v) is 3.31. The maximum Gasteiger partial charge on any atom is 0.203 e. The first kappa shape index (κ1) is 15.2. The number of nitrogens with one attached hydrogen (secondary N) is 2. The summed E-state index contributed by atoms with van der Waals surface area (Å²) in [6, 6.07) is 3.94. The van der Waals surface area contributed by atoms with Crippen molar-refractivity contribution in [2.75, 3.05) is 21.3 Å². The van der Waals surface area contributed by atoms with Crippen LogP contribution in [-0.2, 0) is 6.54 Å². The summed E-state index contributed by atoms with van der Waals surface area (Å²) >= 11 is 0. The number of H-pyrrole nitrogens is 1. The predicted molar refractivity (Wildman–Crippen MR) is 79.9 cm³/mol. The van der Waals surface area contributed by atoms with E-state index in [1.54, 1.807) is 27.5 Å². The highest BCUT2D eigenvalue weighted by atomic mass is 16.5. The Labute approximate surface area is 124 Å². The monoisotopic (exact) mass is 291 g/mol. The normalized spacial score (nSPS) is 12.0. The molecule has 0 aliphatic carbocycles. The number of hydrogen-bond acceptors (Lipinski definition) is 5. The number of nitrogens with zero attached hydrogens (tertiary/aromatic N) is 1. The van der Waals surface area contributed by atoms with Gasteiger partial charge in [-0.15, -0.1) is 0 Å². The van der Waals surface area contributed by atoms with Crippen molar-refractivity contribution in [2.24, 2.45) is 0 Å². The van der Waals surface area contributed by atoms with Gasteiger partial charge in [-0.1, -0.05) is 6.07 Å². The molecule has 0 aliphatic rings. The number of aromatic amines is 1. The van der Waals surface area contributed by atoms with Crippen LogP contribution in [-0.4, -0.2) is 31.3 Å². The molecular formula is C15H21N3O3. The fraction of sp³-hybridized carbons (Fsp3) is 0.400. The summed E-state index contributed by atoms with van der Waals surface area (Å²) in [5.41, 5.74) is 0.994. The van der Waals surface area contributed by atoms with Crippen molar-refractivity contribution in [3.63, 3.8) is 0 Å². The highest BCUT2D eigenvalue weighted by Crippen LogP contribution is 2.39. The van der Waals surface area contributed by atoms with E-state index in [2.05, 4.69) is 15.3 Å². The Morgan fingerprint density at radius 2 is 1.90 bits per heavy atom. The van der Waals surface area contributed by atoms with E-state index in [1.807, 2.05) is 25.3 Å². The molecule has 1 aromatic heterocycles. The summed E-state index contributed by atoms with van der Waals surface area (Å²) in [4.78, 5) is 7.33. The number of benzene rings is 1. The van der Waals surface area contributed by atoms with Gasteiger partial charge in [-0.25, -0.2) is 4.98 Å². The molecule has 0 bridgehead atoms. The Morgan fingerprint density at radius 3 is 2.48 bits per heavy atom. The van der Waals surface area contributed by atoms with Crippen molar-refractivity contribution >= 4 is 0 Å². The number of imidazole rings is 1. The van der Waals surface area contributed by atoms with Crippen LogP contribution in [0.4, 0.5) is 0 Å². The standard InChI is InChI=1S/C15H21N3O3/c1-10(15-16-7-8-17-15)18-9-11-5-6-12(19-2)14(21-4)13(11)20-3/h5-8,10,18H,9H2,1-4H3,(H,16,17). The van der Waals surface area contributed by atoms with Crippen molar-refractivity contribution in [3.8, 4) is 17.2 Å². The topological polar surface area (TPSA) is 68.4 Å². The van der Waals surface area contributed by atoms with Gasteiger partial charge in [0.05, 0.1) is 27.4 Å². The molecule has 6 heteroatoms. The molecule has 0 saturated carbocycles. The molecule has 0 fully saturated rings. The van der Waals surface area contributed by atoms with Crippen molar-refractivity contribution in [3.05, 3.63) is 35.9 Å². The van der Waals surface area contributed by atoms with Crippen molar-refractivity contribution < 1.29 is 14.2 Å². The third kappa shape index (κ3) is 3.28. The lowest BCUT2D eigenvalue weighted by atomic mass is 10.1. The lowest BCUT2D eigenvalue weighted by molar-refractivity contribution is 0.321. The summed E-state index contributed by atoms with van der Waals surface area (Å²) < 4.78 is 16.1. The van der Waals surface area contributed by atoms with E-state index < -0.39 is 0 Å². The van der Waals surface area contributed by atoms with E-state index >= 15 is 0 Å². The molecule has 2 N–H and O–H groups in total. The van der Waals surface area contributed by atoms with Crippen LogP contribution in [0, 0.1) is 0 Å². The van der Waals surface area contributed by atoms with Crippen molar-refractivity contribution in [1.29, 1.82) is 0 Å². The van der Waals surface area contributed by atoms with Crippen molar-refractivity contribution in [2.45, 2.75) is 19.5 Å². The van der Waals surface area contributed by atoms with E-state index in [1.165, 1.54) is 0 Å². The lowest BCUT2D eigenvalue weighted by Crippen LogP contribution is -2.19. The Hall–Kier alpha value is -2.21. The molecule has 1 unspecified atom stereocenters. The molecule has 2 aromatic rings. The molecule has 0 spiro atoms. The maximum atomic E-state index is 5.46. The molecule has 0 saturated heterocycles. The number of aromatic nitrogens is 2. The van der Waals surface area contributed by atoms with E-state index in [0.717, 1.165) is 11.4 Å². The van der Waals surface area contributed by atoms with Crippen LogP contribution >= 0.6 is 0 Å². The van der Waals surface area contributed by atoms with Crippen LogP contribution in [0.1, 0.15) is 24.4 Å². The van der Waals surface area contributed by atoms with Gasteiger partial charge in [0, 0.05) is 24.5 Å². The summed E-state index contributed by atoms with van der Waals surface area (Å²) in [7, 11) is 4.83. The van der Waals surface area contributed by atoms with Gasteiger partial charge in [-0.2, -0.15) is 0 Å². The average molecular weight is 291 g/mol. The lowest BCUT2D eigenvalue weighted by Gasteiger charge is -2.17. The van der Waals surface area contributed by atoms with Gasteiger partial charge in [0.25, 0.3) is 0 Å². The Balaban J connectivity index is 2.16. The van der Waals surface area contributed by atoms with E-state index in [0.29, 0.717) is 23.8 Å². The molecule has 0 amide bonds. The fourth-order valence-corrected chi connectivity index (χ4v) is 2.18. The van der Waals surface area contributed by atoms with Crippen LogP contribution in [0.3, 0.4) is 0 Å². The first-order valence-electron chi connectivity index (χ1n) is 6.71. The van der Waals surface area contributed by atoms with Gasteiger partial charge in [0.15, 0.2) is 11.5 Å². The Kier molecular flexibility index (Phi) is 5.05. The number of hydrogen-bond donors (Lipinski definition) is 2. The summed E-state index contributed by atoms with van der Waals surface area (Å²) in [5.74, 6) is 2.83. The van der Waals surface area contributed by atoms with Gasteiger partial charge >= 0.3 is 0 Å². The SMILES string of the molecule is COc1ccc(CNC(C)c2ncc[nH]2)c(OC)c1OC. The third-order valence-electron chi connectivity index (χ3n) is 3.31. The molecule has 0 aliphatic heterocycles. The second kappa shape index (κ2) is 6.99. The smallest absolute Gasteiger partial charge is 0.203 e. The molecule has 114 valence electrons. The average Bonchev–Trinajstić information content (AvgIpc) is 3.05. The maximum absolute atomic E-state index is 5.46. The summed E-state index contributed by atoms with van der Waals surface area (Å²) in [5, 5.41) is 3.39. The van der Waals surface area contributed by atoms with E-state index in [9.17, 15) is 0 Å². The highest BCUT2D eigenvalue weighted by Gasteiger charge is 2.16. The molecule has 21 heavy (non-hydrogen) atoms. The summed E-state index contributed by atoms with van der Waals surface area (Å²) in [6.07, 6.45) is 3.55. The van der Waals surface area contributed by atoms with Crippen LogP contribution in [0.2, 0.25) is 0 Å². The van der Waals surface area contributed by atoms with Gasteiger partial charge in [0.2, 0.25) is 5.75 Å². The number of ether oxygens (including phenoxy) is 3. The van der Waals surface area contributed by atoms with E-state index in [4.69, 9.17) is 14.2 Å². The van der Waals surface area contributed by atoms with Crippen LogP contribution in [0.15, 0.2) is 24.5 Å². The molecule has 0 radical (unpaired) electrons. The minimum atomic E-state index is 0.109. The molecular weight excluding hydrogens is 270 g/mol. The first-order valence-corrected chi connectivity index (χ1v) is 6.71. The molecule has 6 nitrogen and oxygen atoms in total. The second-order valence-corrected chi connectivity index (χ2v) is 4.57. The first-order chi connectivity index (χ1) is 10.2. The van der Waals surface area contributed by atoms with Crippen LogP contribution in [0.25, 0.3) is 0 Å². The number of methoxy groups -OCH3 is 3.